The molecule has 148 valence electrons. The molecule has 1 heterocycles. The minimum absolute atomic E-state index is 0.0392. The van der Waals surface area contributed by atoms with Gasteiger partial charge in [-0.3, -0.25) is 4.79 Å². The van der Waals surface area contributed by atoms with E-state index in [9.17, 15) is 18.0 Å². The maximum atomic E-state index is 12.9. The summed E-state index contributed by atoms with van der Waals surface area (Å²) in [4.78, 5) is 27.0. The topological polar surface area (TPSA) is 84.0 Å². The van der Waals surface area contributed by atoms with E-state index in [1.54, 1.807) is 6.07 Å². The summed E-state index contributed by atoms with van der Waals surface area (Å²) in [7, 11) is -0.783. The fraction of sp³-hybridized carbons (Fsp3) is 0.579. The first kappa shape index (κ1) is 19.8. The van der Waals surface area contributed by atoms with Gasteiger partial charge in [-0.25, -0.2) is 17.5 Å². The molecule has 0 bridgehead atoms. The molecule has 0 N–H and O–H groups in total. The number of hydrogen-bond acceptors (Lipinski definition) is 6. The van der Waals surface area contributed by atoms with Crippen LogP contribution in [0.3, 0.4) is 0 Å². The molecule has 2 aliphatic rings. The number of anilines is 1. The van der Waals surface area contributed by atoms with Crippen LogP contribution in [0.1, 0.15) is 48.9 Å². The molecule has 3 rings (SSSR count). The fourth-order valence-electron chi connectivity index (χ4n) is 3.55. The third-order valence-corrected chi connectivity index (χ3v) is 6.97. The van der Waals surface area contributed by atoms with Crippen LogP contribution in [0.5, 0.6) is 0 Å². The number of sulfonamides is 1. The van der Waals surface area contributed by atoms with Crippen molar-refractivity contribution in [2.75, 3.05) is 32.1 Å². The van der Waals surface area contributed by atoms with Crippen molar-refractivity contribution < 1.29 is 22.7 Å². The van der Waals surface area contributed by atoms with E-state index in [2.05, 4.69) is 4.90 Å². The van der Waals surface area contributed by atoms with Crippen LogP contribution in [0.4, 0.5) is 5.69 Å². The highest BCUT2D eigenvalue weighted by molar-refractivity contribution is 7.89. The summed E-state index contributed by atoms with van der Waals surface area (Å²) in [5.41, 5.74) is 0.872. The molecule has 1 atom stereocenters. The molecule has 8 heteroatoms. The monoisotopic (exact) mass is 394 g/mol. The van der Waals surface area contributed by atoms with E-state index < -0.39 is 22.1 Å². The van der Waals surface area contributed by atoms with Gasteiger partial charge in [-0.05, 0) is 50.3 Å². The molecule has 7 nitrogen and oxygen atoms in total. The zero-order chi connectivity index (χ0) is 19.6. The van der Waals surface area contributed by atoms with Gasteiger partial charge in [0.05, 0.1) is 16.1 Å². The highest BCUT2D eigenvalue weighted by Gasteiger charge is 2.30. The molecule has 1 aromatic carbocycles. The van der Waals surface area contributed by atoms with Crippen molar-refractivity contribution in [1.29, 1.82) is 0 Å². The number of benzene rings is 1. The predicted molar refractivity (Wildman–Crippen MR) is 101 cm³/mol. The Bertz CT molecular complexity index is 829. The number of carbonyl (C=O) groups excluding carboxylic acids is 2. The Labute approximate surface area is 160 Å². The van der Waals surface area contributed by atoms with Crippen molar-refractivity contribution in [2.24, 2.45) is 0 Å². The van der Waals surface area contributed by atoms with E-state index in [-0.39, 0.29) is 16.2 Å². The summed E-state index contributed by atoms with van der Waals surface area (Å²) in [5, 5.41) is 0. The standard InChI is InChI=1S/C19H26N2O5S/c1-20(2)27(24,25)14-9-10-16(21-11-5-6-12-21)15(13-14)19(23)26-18-8-4-3-7-17(18)22/h9-10,13,18H,3-8,11-12H2,1-2H3/t18-/m0/s1. The lowest BCUT2D eigenvalue weighted by Crippen LogP contribution is -2.31. The third-order valence-electron chi connectivity index (χ3n) is 5.16. The summed E-state index contributed by atoms with van der Waals surface area (Å²) in [5.74, 6) is -0.692. The van der Waals surface area contributed by atoms with Gasteiger partial charge in [0.2, 0.25) is 10.0 Å². The van der Waals surface area contributed by atoms with Crippen LogP contribution in [-0.2, 0) is 19.6 Å². The highest BCUT2D eigenvalue weighted by atomic mass is 32.2. The van der Waals surface area contributed by atoms with Gasteiger partial charge < -0.3 is 9.64 Å². The van der Waals surface area contributed by atoms with Crippen LogP contribution >= 0.6 is 0 Å². The zero-order valence-electron chi connectivity index (χ0n) is 15.8. The first-order valence-electron chi connectivity index (χ1n) is 9.36. The predicted octanol–water partition coefficient (Wildman–Crippen LogP) is 2.21. The van der Waals surface area contributed by atoms with Crippen molar-refractivity contribution in [3.8, 4) is 0 Å². The number of rotatable bonds is 5. The molecule has 1 aromatic rings. The molecule has 1 aliphatic heterocycles. The molecule has 0 unspecified atom stereocenters. The number of esters is 1. The third kappa shape index (κ3) is 4.16. The van der Waals surface area contributed by atoms with Crippen molar-refractivity contribution in [3.63, 3.8) is 0 Å². The molecule has 2 fully saturated rings. The van der Waals surface area contributed by atoms with E-state index in [1.165, 1.54) is 26.2 Å². The van der Waals surface area contributed by atoms with Crippen LogP contribution in [0.2, 0.25) is 0 Å². The number of carbonyl (C=O) groups is 2. The molecule has 0 spiro atoms. The summed E-state index contributed by atoms with van der Waals surface area (Å²) < 4.78 is 31.6. The Kier molecular flexibility index (Phi) is 5.86. The van der Waals surface area contributed by atoms with Crippen molar-refractivity contribution in [3.05, 3.63) is 23.8 Å². The second-order valence-electron chi connectivity index (χ2n) is 7.27. The Balaban J connectivity index is 1.96. The minimum Gasteiger partial charge on any atom is -0.451 e. The van der Waals surface area contributed by atoms with Gasteiger partial charge in [0.25, 0.3) is 0 Å². The van der Waals surface area contributed by atoms with Crippen LogP contribution < -0.4 is 4.90 Å². The first-order valence-corrected chi connectivity index (χ1v) is 10.8. The SMILES string of the molecule is CN(C)S(=O)(=O)c1ccc(N2CCCC2)c(C(=O)O[C@H]2CCCCC2=O)c1. The summed E-state index contributed by atoms with van der Waals surface area (Å²) >= 11 is 0. The summed E-state index contributed by atoms with van der Waals surface area (Å²) in [6, 6.07) is 4.56. The first-order chi connectivity index (χ1) is 12.8. The lowest BCUT2D eigenvalue weighted by atomic mass is 9.96. The fourth-order valence-corrected chi connectivity index (χ4v) is 4.48. The van der Waals surface area contributed by atoms with Gasteiger partial charge in [0.15, 0.2) is 11.9 Å². The minimum atomic E-state index is -3.68. The molecule has 0 radical (unpaired) electrons. The van der Waals surface area contributed by atoms with E-state index in [0.717, 1.165) is 43.1 Å². The summed E-state index contributed by atoms with van der Waals surface area (Å²) in [6.07, 6.45) is 3.93. The normalized spacial score (nSPS) is 20.9. The second kappa shape index (κ2) is 7.98. The van der Waals surface area contributed by atoms with Crippen LogP contribution in [0.25, 0.3) is 0 Å². The van der Waals surface area contributed by atoms with Crippen LogP contribution in [0, 0.1) is 0 Å². The van der Waals surface area contributed by atoms with E-state index in [1.807, 2.05) is 0 Å². The molecule has 1 aliphatic carbocycles. The number of ketones is 1. The molecule has 27 heavy (non-hydrogen) atoms. The average Bonchev–Trinajstić information content (AvgIpc) is 3.17. The molecular formula is C19H26N2O5S. The number of Topliss-reactive ketones (excluding diaryl/α,β-unsaturated/α-hetero) is 1. The molecular weight excluding hydrogens is 368 g/mol. The van der Waals surface area contributed by atoms with Crippen LogP contribution in [-0.4, -0.2) is 57.8 Å². The summed E-state index contributed by atoms with van der Waals surface area (Å²) in [6.45, 7) is 1.62. The van der Waals surface area contributed by atoms with Gasteiger partial charge in [0, 0.05) is 33.6 Å². The maximum Gasteiger partial charge on any atom is 0.341 e. The smallest absolute Gasteiger partial charge is 0.341 e. The second-order valence-corrected chi connectivity index (χ2v) is 9.42. The van der Waals surface area contributed by atoms with Crippen molar-refractivity contribution >= 4 is 27.5 Å². The molecule has 0 aromatic heterocycles. The van der Waals surface area contributed by atoms with Gasteiger partial charge in [0.1, 0.15) is 0 Å². The number of hydrogen-bond donors (Lipinski definition) is 0. The van der Waals surface area contributed by atoms with Crippen LogP contribution in [0.15, 0.2) is 23.1 Å². The largest absolute Gasteiger partial charge is 0.451 e. The van der Waals surface area contributed by atoms with E-state index in [0.29, 0.717) is 18.5 Å². The lowest BCUT2D eigenvalue weighted by Gasteiger charge is -2.24. The molecule has 0 amide bonds. The molecule has 1 saturated carbocycles. The molecule has 1 saturated heterocycles. The van der Waals surface area contributed by atoms with E-state index in [4.69, 9.17) is 4.74 Å². The van der Waals surface area contributed by atoms with Gasteiger partial charge in [-0.2, -0.15) is 0 Å². The Morgan fingerprint density at radius 1 is 1.15 bits per heavy atom. The Morgan fingerprint density at radius 2 is 1.85 bits per heavy atom. The highest BCUT2D eigenvalue weighted by Crippen LogP contribution is 2.30. The van der Waals surface area contributed by atoms with Gasteiger partial charge in [-0.15, -0.1) is 0 Å². The Morgan fingerprint density at radius 3 is 2.48 bits per heavy atom. The van der Waals surface area contributed by atoms with E-state index >= 15 is 0 Å². The number of ether oxygens (including phenoxy) is 1. The Hall–Kier alpha value is -1.93. The van der Waals surface area contributed by atoms with Crippen molar-refractivity contribution in [1.82, 2.24) is 4.31 Å². The van der Waals surface area contributed by atoms with Gasteiger partial charge in [-0.1, -0.05) is 0 Å². The maximum absolute atomic E-state index is 12.9. The van der Waals surface area contributed by atoms with Crippen molar-refractivity contribution in [2.45, 2.75) is 49.5 Å². The van der Waals surface area contributed by atoms with Gasteiger partial charge >= 0.3 is 5.97 Å². The lowest BCUT2D eigenvalue weighted by molar-refractivity contribution is -0.129. The quantitative estimate of drug-likeness (QED) is 0.712. The average molecular weight is 394 g/mol. The number of nitrogens with zero attached hydrogens (tertiary/aromatic N) is 2. The zero-order valence-corrected chi connectivity index (χ0v) is 16.6.